The molecule has 0 radical (unpaired) electrons. The standard InChI is InChI=1S/C21H29N3O.2ClH/c1-4-24(16(2)3)15-18-5-9-19(10-6-18)21(25)23-14-13-17-7-11-20(22)12-8-17;;/h5-12,16H,4,13-15,22H2,1-3H3,(H,23,25);2*1H. The van der Waals surface area contributed by atoms with Gasteiger partial charge in [-0.25, -0.2) is 0 Å². The van der Waals surface area contributed by atoms with Gasteiger partial charge in [-0.2, -0.15) is 0 Å². The van der Waals surface area contributed by atoms with Crippen LogP contribution >= 0.6 is 24.8 Å². The van der Waals surface area contributed by atoms with Gasteiger partial charge < -0.3 is 11.1 Å². The summed E-state index contributed by atoms with van der Waals surface area (Å²) < 4.78 is 0. The molecule has 2 aromatic rings. The van der Waals surface area contributed by atoms with Crippen molar-refractivity contribution in [3.05, 3.63) is 65.2 Å². The lowest BCUT2D eigenvalue weighted by Gasteiger charge is -2.24. The van der Waals surface area contributed by atoms with E-state index in [-0.39, 0.29) is 30.7 Å². The SMILES string of the molecule is CCN(Cc1ccc(C(=O)NCCc2ccc(N)cc2)cc1)C(C)C.Cl.Cl. The van der Waals surface area contributed by atoms with Crippen molar-refractivity contribution in [3.63, 3.8) is 0 Å². The number of amides is 1. The third kappa shape index (κ3) is 8.21. The highest BCUT2D eigenvalue weighted by atomic mass is 35.5. The van der Waals surface area contributed by atoms with Crippen LogP contribution in [0.2, 0.25) is 0 Å². The third-order valence-corrected chi connectivity index (χ3v) is 4.42. The largest absolute Gasteiger partial charge is 0.399 e. The Morgan fingerprint density at radius 3 is 2.07 bits per heavy atom. The first kappa shape index (κ1) is 25.2. The van der Waals surface area contributed by atoms with Crippen LogP contribution in [0.3, 0.4) is 0 Å². The Kier molecular flexibility index (Phi) is 11.8. The molecule has 2 aromatic carbocycles. The van der Waals surface area contributed by atoms with Crippen molar-refractivity contribution >= 4 is 36.4 Å². The van der Waals surface area contributed by atoms with Gasteiger partial charge in [0.15, 0.2) is 0 Å². The highest BCUT2D eigenvalue weighted by Crippen LogP contribution is 2.10. The minimum absolute atomic E-state index is 0. The normalized spacial score (nSPS) is 10.3. The Morgan fingerprint density at radius 1 is 1.00 bits per heavy atom. The van der Waals surface area contributed by atoms with Crippen molar-refractivity contribution < 1.29 is 4.79 Å². The molecule has 0 aromatic heterocycles. The number of halogens is 2. The summed E-state index contributed by atoms with van der Waals surface area (Å²) in [6.45, 7) is 9.11. The van der Waals surface area contributed by atoms with Crippen LogP contribution in [0.15, 0.2) is 48.5 Å². The average molecular weight is 412 g/mol. The van der Waals surface area contributed by atoms with Crippen LogP contribution in [0.5, 0.6) is 0 Å². The van der Waals surface area contributed by atoms with Crippen LogP contribution in [0.25, 0.3) is 0 Å². The molecule has 0 aliphatic carbocycles. The highest BCUT2D eigenvalue weighted by molar-refractivity contribution is 5.94. The Bertz CT molecular complexity index is 673. The molecule has 0 bridgehead atoms. The number of hydrogen-bond acceptors (Lipinski definition) is 3. The zero-order valence-electron chi connectivity index (χ0n) is 16.3. The summed E-state index contributed by atoms with van der Waals surface area (Å²) in [5, 5.41) is 2.97. The highest BCUT2D eigenvalue weighted by Gasteiger charge is 2.09. The lowest BCUT2D eigenvalue weighted by molar-refractivity contribution is 0.0954. The fourth-order valence-corrected chi connectivity index (χ4v) is 2.76. The van der Waals surface area contributed by atoms with Crippen LogP contribution in [0.4, 0.5) is 5.69 Å². The second-order valence-electron chi connectivity index (χ2n) is 6.60. The molecule has 150 valence electrons. The summed E-state index contributed by atoms with van der Waals surface area (Å²) in [4.78, 5) is 14.6. The van der Waals surface area contributed by atoms with Crippen molar-refractivity contribution in [2.75, 3.05) is 18.8 Å². The minimum Gasteiger partial charge on any atom is -0.399 e. The number of carbonyl (C=O) groups is 1. The summed E-state index contributed by atoms with van der Waals surface area (Å²) in [6.07, 6.45) is 0.796. The van der Waals surface area contributed by atoms with Gasteiger partial charge in [0.2, 0.25) is 0 Å². The van der Waals surface area contributed by atoms with Crippen LogP contribution in [0.1, 0.15) is 42.3 Å². The molecule has 0 spiro atoms. The quantitative estimate of drug-likeness (QED) is 0.635. The molecule has 4 nitrogen and oxygen atoms in total. The molecule has 0 atom stereocenters. The van der Waals surface area contributed by atoms with Crippen LogP contribution in [0, 0.1) is 0 Å². The fraction of sp³-hybridized carbons (Fsp3) is 0.381. The van der Waals surface area contributed by atoms with Crippen LogP contribution in [-0.4, -0.2) is 29.9 Å². The van der Waals surface area contributed by atoms with E-state index in [4.69, 9.17) is 5.73 Å². The number of nitrogens with one attached hydrogen (secondary N) is 1. The summed E-state index contributed by atoms with van der Waals surface area (Å²) >= 11 is 0. The molecule has 0 saturated carbocycles. The van der Waals surface area contributed by atoms with Gasteiger partial charge in [0, 0.05) is 30.4 Å². The monoisotopic (exact) mass is 411 g/mol. The predicted octanol–water partition coefficient (Wildman–Crippen LogP) is 4.32. The molecule has 0 fully saturated rings. The topological polar surface area (TPSA) is 58.4 Å². The van der Waals surface area contributed by atoms with Crippen molar-refractivity contribution in [1.29, 1.82) is 0 Å². The molecule has 2 rings (SSSR count). The number of rotatable bonds is 8. The number of anilines is 1. The molecular weight excluding hydrogens is 381 g/mol. The van der Waals surface area contributed by atoms with E-state index in [0.29, 0.717) is 18.2 Å². The maximum atomic E-state index is 12.2. The van der Waals surface area contributed by atoms with E-state index in [1.54, 1.807) is 0 Å². The van der Waals surface area contributed by atoms with Gasteiger partial charge in [0.05, 0.1) is 0 Å². The number of nitrogen functional groups attached to an aromatic ring is 1. The minimum atomic E-state index is -0.0294. The van der Waals surface area contributed by atoms with Gasteiger partial charge in [-0.15, -0.1) is 24.8 Å². The lowest BCUT2D eigenvalue weighted by atomic mass is 10.1. The van der Waals surface area contributed by atoms with Gasteiger partial charge in [-0.3, -0.25) is 9.69 Å². The van der Waals surface area contributed by atoms with E-state index in [1.165, 1.54) is 5.56 Å². The smallest absolute Gasteiger partial charge is 0.251 e. The van der Waals surface area contributed by atoms with Crippen LogP contribution in [-0.2, 0) is 13.0 Å². The zero-order valence-corrected chi connectivity index (χ0v) is 17.9. The first-order valence-corrected chi connectivity index (χ1v) is 8.95. The summed E-state index contributed by atoms with van der Waals surface area (Å²) in [5.41, 5.74) is 9.53. The Hall–Kier alpha value is -1.75. The maximum absolute atomic E-state index is 12.2. The molecule has 1 amide bonds. The second kappa shape index (κ2) is 12.6. The Labute approximate surface area is 175 Å². The van der Waals surface area contributed by atoms with Crippen molar-refractivity contribution in [2.45, 2.75) is 39.8 Å². The van der Waals surface area contributed by atoms with Crippen molar-refractivity contribution in [1.82, 2.24) is 10.2 Å². The van der Waals surface area contributed by atoms with E-state index >= 15 is 0 Å². The van der Waals surface area contributed by atoms with Crippen LogP contribution < -0.4 is 11.1 Å². The zero-order chi connectivity index (χ0) is 18.2. The molecule has 27 heavy (non-hydrogen) atoms. The Morgan fingerprint density at radius 2 is 1.56 bits per heavy atom. The number of benzene rings is 2. The summed E-state index contributed by atoms with van der Waals surface area (Å²) in [6, 6.07) is 16.2. The maximum Gasteiger partial charge on any atom is 0.251 e. The fourth-order valence-electron chi connectivity index (χ4n) is 2.76. The number of hydrogen-bond donors (Lipinski definition) is 2. The molecule has 0 saturated heterocycles. The van der Waals surface area contributed by atoms with E-state index in [0.717, 1.165) is 30.8 Å². The number of carbonyl (C=O) groups excluding carboxylic acids is 1. The van der Waals surface area contributed by atoms with Gasteiger partial charge >= 0.3 is 0 Å². The molecule has 0 unspecified atom stereocenters. The number of nitrogens with two attached hydrogens (primary N) is 1. The van der Waals surface area contributed by atoms with E-state index in [1.807, 2.05) is 48.5 Å². The summed E-state index contributed by atoms with van der Waals surface area (Å²) in [5.74, 6) is -0.0294. The third-order valence-electron chi connectivity index (χ3n) is 4.42. The van der Waals surface area contributed by atoms with Gasteiger partial charge in [0.25, 0.3) is 5.91 Å². The van der Waals surface area contributed by atoms with Gasteiger partial charge in [-0.1, -0.05) is 31.2 Å². The average Bonchev–Trinajstić information content (AvgIpc) is 2.61. The molecule has 0 aliphatic heterocycles. The molecule has 6 heteroatoms. The lowest BCUT2D eigenvalue weighted by Crippen LogP contribution is -2.30. The predicted molar refractivity (Wildman–Crippen MR) is 119 cm³/mol. The Balaban J connectivity index is 0.00000338. The number of nitrogens with zero attached hydrogens (tertiary/aromatic N) is 1. The van der Waals surface area contributed by atoms with Gasteiger partial charge in [-0.05, 0) is 62.2 Å². The molecule has 0 heterocycles. The van der Waals surface area contributed by atoms with Crippen molar-refractivity contribution in [2.24, 2.45) is 0 Å². The van der Waals surface area contributed by atoms with Crippen molar-refractivity contribution in [3.8, 4) is 0 Å². The molecular formula is C21H31Cl2N3O. The van der Waals surface area contributed by atoms with E-state index < -0.39 is 0 Å². The molecule has 0 aliphatic rings. The van der Waals surface area contributed by atoms with Gasteiger partial charge in [0.1, 0.15) is 0 Å². The molecule has 3 N–H and O–H groups in total. The van der Waals surface area contributed by atoms with E-state index in [2.05, 4.69) is 31.0 Å². The first-order valence-electron chi connectivity index (χ1n) is 8.95. The second-order valence-corrected chi connectivity index (χ2v) is 6.60. The first-order chi connectivity index (χ1) is 12.0. The summed E-state index contributed by atoms with van der Waals surface area (Å²) in [7, 11) is 0. The van der Waals surface area contributed by atoms with E-state index in [9.17, 15) is 4.79 Å².